The summed E-state index contributed by atoms with van der Waals surface area (Å²) in [4.78, 5) is 14.3. The van der Waals surface area contributed by atoms with Crippen molar-refractivity contribution in [1.82, 2.24) is 0 Å². The van der Waals surface area contributed by atoms with E-state index in [0.29, 0.717) is 0 Å². The van der Waals surface area contributed by atoms with Gasteiger partial charge in [-0.2, -0.15) is 0 Å². The number of hydrogen-bond donors (Lipinski definition) is 2. The van der Waals surface area contributed by atoms with Crippen molar-refractivity contribution >= 4 is 46.9 Å². The summed E-state index contributed by atoms with van der Waals surface area (Å²) in [5, 5.41) is 0. The fourth-order valence-corrected chi connectivity index (χ4v) is 0. The molecule has 0 spiro atoms. The van der Waals surface area contributed by atoms with Crippen LogP contribution in [0.4, 0.5) is 4.70 Å². The molecule has 0 bridgehead atoms. The average Bonchev–Trinajstić information content (AvgIpc) is 0.811. The van der Waals surface area contributed by atoms with Crippen molar-refractivity contribution in [3.63, 3.8) is 0 Å². The third-order valence-electron chi connectivity index (χ3n) is 0. The molecule has 0 radical (unpaired) electrons. The van der Waals surface area contributed by atoms with Crippen LogP contribution in [-0.2, 0) is 4.46 Å². The van der Waals surface area contributed by atoms with Crippen molar-refractivity contribution in [2.75, 3.05) is 0 Å². The molecule has 2 N–H and O–H groups in total. The minimum atomic E-state index is -3.13. The summed E-state index contributed by atoms with van der Waals surface area (Å²) in [6, 6.07) is 0. The van der Waals surface area contributed by atoms with Gasteiger partial charge in [-0.15, -0.1) is 0 Å². The molecule has 0 aliphatic carbocycles. The first-order chi connectivity index (χ1) is 1.73. The molecule has 0 aromatic carbocycles. The molecule has 36 valence electrons. The number of rotatable bonds is 0. The van der Waals surface area contributed by atoms with Crippen LogP contribution in [0.1, 0.15) is 0 Å². The topological polar surface area (TPSA) is 57.5 Å². The van der Waals surface area contributed by atoms with E-state index in [1.807, 2.05) is 0 Å². The third kappa shape index (κ3) is 107. The maximum atomic E-state index is 8.74. The first-order valence-electron chi connectivity index (χ1n) is 0.651. The molecule has 0 atom stereocenters. The number of halogens is 1. The molecular formula is H5CaFO3Si. The van der Waals surface area contributed by atoms with E-state index in [1.54, 1.807) is 0 Å². The summed E-state index contributed by atoms with van der Waals surface area (Å²) in [5.74, 6) is 0. The van der Waals surface area contributed by atoms with E-state index >= 15 is 0 Å². The first-order valence-corrected chi connectivity index (χ1v) is 1.95. The molecule has 0 amide bonds. The van der Waals surface area contributed by atoms with Crippen LogP contribution in [0.3, 0.4) is 0 Å². The molecule has 0 unspecified atom stereocenters. The molecule has 0 saturated heterocycles. The second kappa shape index (κ2) is 9.26. The van der Waals surface area contributed by atoms with Gasteiger partial charge in [0, 0.05) is 0 Å². The summed E-state index contributed by atoms with van der Waals surface area (Å²) in [6.07, 6.45) is 0. The summed E-state index contributed by atoms with van der Waals surface area (Å²) in [5.41, 5.74) is 0. The van der Waals surface area contributed by atoms with Gasteiger partial charge in [0.05, 0.1) is 0 Å². The van der Waals surface area contributed by atoms with Gasteiger partial charge >= 0.3 is 46.9 Å². The molecule has 0 rings (SSSR count). The molecule has 0 aromatic rings. The molecule has 0 aromatic heterocycles. The maximum absolute atomic E-state index is 8.74. The summed E-state index contributed by atoms with van der Waals surface area (Å²) < 4.78 is 8.74. The van der Waals surface area contributed by atoms with Crippen molar-refractivity contribution in [1.29, 1.82) is 0 Å². The van der Waals surface area contributed by atoms with Crippen LogP contribution in [0.5, 0.6) is 0 Å². The predicted octanol–water partition coefficient (Wildman–Crippen LogP) is -2.38. The van der Waals surface area contributed by atoms with Crippen LogP contribution in [0.25, 0.3) is 0 Å². The molecule has 0 fully saturated rings. The van der Waals surface area contributed by atoms with E-state index in [1.165, 1.54) is 0 Å². The van der Waals surface area contributed by atoms with E-state index in [0.717, 1.165) is 0 Å². The molecule has 0 aliphatic heterocycles. The standard InChI is InChI=1S/Ca.FH.H2O3Si.2H/c;;1-4(2)3;;/h;1H;1-2H;;. The van der Waals surface area contributed by atoms with Gasteiger partial charge in [0.2, 0.25) is 0 Å². The number of hydrogen-bond acceptors (Lipinski definition) is 1. The fourth-order valence-electron chi connectivity index (χ4n) is 0. The van der Waals surface area contributed by atoms with E-state index < -0.39 is 9.17 Å². The van der Waals surface area contributed by atoms with Crippen molar-refractivity contribution in [3.05, 3.63) is 0 Å². The summed E-state index contributed by atoms with van der Waals surface area (Å²) in [7, 11) is -3.13. The quantitative estimate of drug-likeness (QED) is 0.369. The molecular weight excluding hydrogens is 135 g/mol. The molecule has 0 saturated carbocycles. The third-order valence-corrected chi connectivity index (χ3v) is 0. The summed E-state index contributed by atoms with van der Waals surface area (Å²) in [6.45, 7) is 0. The van der Waals surface area contributed by atoms with Gasteiger partial charge in [0.25, 0.3) is 0 Å². The van der Waals surface area contributed by atoms with Gasteiger partial charge in [0.1, 0.15) is 0 Å². The molecule has 0 aliphatic rings. The Kier molecular flexibility index (Phi) is 24.4. The van der Waals surface area contributed by atoms with Crippen molar-refractivity contribution in [2.24, 2.45) is 0 Å². The van der Waals surface area contributed by atoms with E-state index in [2.05, 4.69) is 0 Å². The van der Waals surface area contributed by atoms with Gasteiger partial charge in [-0.3, -0.25) is 9.17 Å². The van der Waals surface area contributed by atoms with E-state index in [4.69, 9.17) is 14.1 Å². The van der Waals surface area contributed by atoms with E-state index in [9.17, 15) is 0 Å². The molecule has 0 heterocycles. The van der Waals surface area contributed by atoms with Crippen LogP contribution in [0, 0.1) is 0 Å². The summed E-state index contributed by atoms with van der Waals surface area (Å²) >= 11 is 0. The SMILES string of the molecule is F.O=[Si](O)O.[CaH2]. The minimum absolute atomic E-state index is 0. The zero-order chi connectivity index (χ0) is 3.58. The Balaban J connectivity index is -0.0000000450. The van der Waals surface area contributed by atoms with Crippen LogP contribution in [-0.4, -0.2) is 56.5 Å². The van der Waals surface area contributed by atoms with Gasteiger partial charge in [-0.1, -0.05) is 0 Å². The van der Waals surface area contributed by atoms with Crippen LogP contribution in [0.2, 0.25) is 0 Å². The van der Waals surface area contributed by atoms with E-state index in [-0.39, 0.29) is 42.4 Å². The zero-order valence-electron chi connectivity index (χ0n) is 2.21. The Morgan fingerprint density at radius 3 is 1.33 bits per heavy atom. The average molecular weight is 140 g/mol. The van der Waals surface area contributed by atoms with Crippen LogP contribution < -0.4 is 0 Å². The second-order valence-electron chi connectivity index (χ2n) is 0.283. The Bertz CT molecular complexity index is 33.8. The first kappa shape index (κ1) is 15.8. The monoisotopic (exact) mass is 140 g/mol. The Hall–Kier alpha value is 0.807. The van der Waals surface area contributed by atoms with Crippen LogP contribution >= 0.6 is 0 Å². The van der Waals surface area contributed by atoms with Crippen LogP contribution in [0.15, 0.2) is 0 Å². The predicted molar refractivity (Wildman–Crippen MR) is 21.9 cm³/mol. The van der Waals surface area contributed by atoms with Gasteiger partial charge in [0.15, 0.2) is 0 Å². The molecule has 6 heavy (non-hydrogen) atoms. The molecule has 6 heteroatoms. The van der Waals surface area contributed by atoms with Gasteiger partial charge < -0.3 is 9.59 Å². The Morgan fingerprint density at radius 2 is 1.33 bits per heavy atom. The Morgan fingerprint density at radius 1 is 1.33 bits per heavy atom. The zero-order valence-corrected chi connectivity index (χ0v) is 3.21. The molecule has 3 nitrogen and oxygen atoms in total. The Labute approximate surface area is 65.3 Å². The normalized spacial score (nSPS) is 4.00. The van der Waals surface area contributed by atoms with Crippen molar-refractivity contribution < 1.29 is 18.8 Å². The van der Waals surface area contributed by atoms with Gasteiger partial charge in [-0.25, -0.2) is 0 Å². The van der Waals surface area contributed by atoms with Crippen molar-refractivity contribution in [3.8, 4) is 0 Å². The van der Waals surface area contributed by atoms with Crippen molar-refractivity contribution in [2.45, 2.75) is 0 Å². The van der Waals surface area contributed by atoms with Gasteiger partial charge in [-0.05, 0) is 0 Å². The fraction of sp³-hybridized carbons (Fsp3) is 0. The second-order valence-corrected chi connectivity index (χ2v) is 0.848.